The Morgan fingerprint density at radius 3 is 2.61 bits per heavy atom. The van der Waals surface area contributed by atoms with Gasteiger partial charge in [-0.2, -0.15) is 0 Å². The molecule has 4 nitrogen and oxygen atoms in total. The quantitative estimate of drug-likeness (QED) is 0.516. The van der Waals surface area contributed by atoms with E-state index >= 15 is 0 Å². The number of amides is 2. The molecule has 1 aliphatic rings. The number of rotatable bonds is 7. The fraction of sp³-hybridized carbons (Fsp3) is 0.304. The average molecular weight is 395 g/mol. The standard InChI is InChI=1S/C23H26N2O2S/c1-4-24(15-17(2)3)23(27)19-10-6-8-12-21(19)28-16-22(26)25-14-13-18-9-5-7-11-20(18)25/h5-12H,2,4,13-16H2,1,3H3. The van der Waals surface area contributed by atoms with Crippen molar-refractivity contribution in [3.63, 3.8) is 0 Å². The Balaban J connectivity index is 1.71. The largest absolute Gasteiger partial charge is 0.335 e. The summed E-state index contributed by atoms with van der Waals surface area (Å²) in [5, 5.41) is 0. The van der Waals surface area contributed by atoms with E-state index in [4.69, 9.17) is 0 Å². The van der Waals surface area contributed by atoms with Crippen molar-refractivity contribution in [3.8, 4) is 0 Å². The summed E-state index contributed by atoms with van der Waals surface area (Å²) in [5.41, 5.74) is 3.82. The normalized spacial score (nSPS) is 12.6. The van der Waals surface area contributed by atoms with Gasteiger partial charge in [0.2, 0.25) is 5.91 Å². The second-order valence-electron chi connectivity index (χ2n) is 6.99. The van der Waals surface area contributed by atoms with E-state index in [2.05, 4.69) is 12.6 Å². The summed E-state index contributed by atoms with van der Waals surface area (Å²) in [5.74, 6) is 0.365. The predicted molar refractivity (Wildman–Crippen MR) is 116 cm³/mol. The third kappa shape index (κ3) is 4.47. The highest BCUT2D eigenvalue weighted by Gasteiger charge is 2.25. The van der Waals surface area contributed by atoms with Gasteiger partial charge in [-0.3, -0.25) is 9.59 Å². The molecule has 28 heavy (non-hydrogen) atoms. The van der Waals surface area contributed by atoms with Crippen LogP contribution in [0, 0.1) is 0 Å². The number of carbonyl (C=O) groups excluding carboxylic acids is 2. The van der Waals surface area contributed by atoms with Gasteiger partial charge in [0.05, 0.1) is 11.3 Å². The number of likely N-dealkylation sites (N-methyl/N-ethyl adjacent to an activating group) is 1. The fourth-order valence-corrected chi connectivity index (χ4v) is 4.33. The molecule has 0 aromatic heterocycles. The van der Waals surface area contributed by atoms with Crippen molar-refractivity contribution in [2.75, 3.05) is 30.3 Å². The van der Waals surface area contributed by atoms with Gasteiger partial charge in [0.1, 0.15) is 0 Å². The molecule has 0 fully saturated rings. The molecule has 0 atom stereocenters. The topological polar surface area (TPSA) is 40.6 Å². The van der Waals surface area contributed by atoms with E-state index in [1.165, 1.54) is 17.3 Å². The number of carbonyl (C=O) groups is 2. The van der Waals surface area contributed by atoms with Crippen LogP contribution in [0.3, 0.4) is 0 Å². The Morgan fingerprint density at radius 2 is 1.86 bits per heavy atom. The van der Waals surface area contributed by atoms with E-state index in [0.29, 0.717) is 24.4 Å². The van der Waals surface area contributed by atoms with Gasteiger partial charge in [0.25, 0.3) is 5.91 Å². The molecular formula is C23H26N2O2S. The van der Waals surface area contributed by atoms with E-state index < -0.39 is 0 Å². The highest BCUT2D eigenvalue weighted by atomic mass is 32.2. The summed E-state index contributed by atoms with van der Waals surface area (Å²) in [6.45, 7) is 9.68. The molecule has 1 aliphatic heterocycles. The summed E-state index contributed by atoms with van der Waals surface area (Å²) in [4.78, 5) is 30.2. The van der Waals surface area contributed by atoms with Crippen molar-refractivity contribution >= 4 is 29.3 Å². The van der Waals surface area contributed by atoms with E-state index in [9.17, 15) is 9.59 Å². The first kappa shape index (κ1) is 20.2. The SMILES string of the molecule is C=C(C)CN(CC)C(=O)c1ccccc1SCC(=O)N1CCc2ccccc21. The highest BCUT2D eigenvalue weighted by Crippen LogP contribution is 2.30. The van der Waals surface area contributed by atoms with E-state index in [0.717, 1.165) is 29.1 Å². The molecule has 2 aromatic rings. The molecule has 0 spiro atoms. The molecular weight excluding hydrogens is 368 g/mol. The molecule has 1 heterocycles. The second-order valence-corrected chi connectivity index (χ2v) is 8.00. The first-order chi connectivity index (χ1) is 13.5. The zero-order valence-corrected chi connectivity index (χ0v) is 17.3. The number of nitrogens with zero attached hydrogens (tertiary/aromatic N) is 2. The van der Waals surface area contributed by atoms with Gasteiger partial charge in [0, 0.05) is 30.2 Å². The molecule has 0 saturated carbocycles. The second kappa shape index (κ2) is 9.11. The van der Waals surface area contributed by atoms with Crippen molar-refractivity contribution in [2.45, 2.75) is 25.2 Å². The van der Waals surface area contributed by atoms with Crippen molar-refractivity contribution in [2.24, 2.45) is 0 Å². The lowest BCUT2D eigenvalue weighted by molar-refractivity contribution is -0.116. The lowest BCUT2D eigenvalue weighted by atomic mass is 10.2. The van der Waals surface area contributed by atoms with E-state index in [1.807, 2.05) is 61.2 Å². The van der Waals surface area contributed by atoms with Crippen LogP contribution in [0.15, 0.2) is 65.6 Å². The number of hydrogen-bond acceptors (Lipinski definition) is 3. The van der Waals surface area contributed by atoms with Crippen LogP contribution in [-0.4, -0.2) is 42.1 Å². The molecule has 2 amide bonds. The minimum Gasteiger partial charge on any atom is -0.335 e. The molecule has 2 aromatic carbocycles. The number of benzene rings is 2. The maximum absolute atomic E-state index is 13.0. The lowest BCUT2D eigenvalue weighted by Gasteiger charge is -2.22. The van der Waals surface area contributed by atoms with Crippen LogP contribution in [0.5, 0.6) is 0 Å². The van der Waals surface area contributed by atoms with Gasteiger partial charge in [-0.25, -0.2) is 0 Å². The summed E-state index contributed by atoms with van der Waals surface area (Å²) in [6, 6.07) is 15.6. The maximum Gasteiger partial charge on any atom is 0.255 e. The zero-order valence-electron chi connectivity index (χ0n) is 16.5. The van der Waals surface area contributed by atoms with Crippen LogP contribution < -0.4 is 4.90 Å². The van der Waals surface area contributed by atoms with Crippen LogP contribution in [0.4, 0.5) is 5.69 Å². The predicted octanol–water partition coefficient (Wildman–Crippen LogP) is 4.41. The molecule has 5 heteroatoms. The Hall–Kier alpha value is -2.53. The smallest absolute Gasteiger partial charge is 0.255 e. The van der Waals surface area contributed by atoms with Gasteiger partial charge in [-0.05, 0) is 44.0 Å². The number of fused-ring (bicyclic) bond motifs is 1. The monoisotopic (exact) mass is 394 g/mol. The van der Waals surface area contributed by atoms with Crippen LogP contribution in [0.1, 0.15) is 29.8 Å². The third-order valence-electron chi connectivity index (χ3n) is 4.79. The van der Waals surface area contributed by atoms with Crippen LogP contribution in [0.25, 0.3) is 0 Å². The van der Waals surface area contributed by atoms with E-state index in [1.54, 1.807) is 4.90 Å². The summed E-state index contributed by atoms with van der Waals surface area (Å²) in [6.07, 6.45) is 0.897. The molecule has 146 valence electrons. The van der Waals surface area contributed by atoms with Gasteiger partial charge >= 0.3 is 0 Å². The maximum atomic E-state index is 13.0. The molecule has 0 N–H and O–H groups in total. The van der Waals surface area contributed by atoms with Crippen molar-refractivity contribution < 1.29 is 9.59 Å². The summed E-state index contributed by atoms with van der Waals surface area (Å²) >= 11 is 1.43. The summed E-state index contributed by atoms with van der Waals surface area (Å²) < 4.78 is 0. The Labute approximate surface area is 171 Å². The molecule has 0 aliphatic carbocycles. The number of hydrogen-bond donors (Lipinski definition) is 0. The number of para-hydroxylation sites is 1. The van der Waals surface area contributed by atoms with E-state index in [-0.39, 0.29) is 11.8 Å². The minimum atomic E-state index is -0.0208. The number of anilines is 1. The Morgan fingerprint density at radius 1 is 1.14 bits per heavy atom. The fourth-order valence-electron chi connectivity index (χ4n) is 3.41. The molecule has 0 unspecified atom stereocenters. The van der Waals surface area contributed by atoms with Crippen molar-refractivity contribution in [1.29, 1.82) is 0 Å². The van der Waals surface area contributed by atoms with Gasteiger partial charge in [0.15, 0.2) is 0 Å². The van der Waals surface area contributed by atoms with Crippen molar-refractivity contribution in [1.82, 2.24) is 4.90 Å². The molecule has 0 radical (unpaired) electrons. The highest BCUT2D eigenvalue weighted by molar-refractivity contribution is 8.00. The first-order valence-electron chi connectivity index (χ1n) is 9.55. The van der Waals surface area contributed by atoms with Crippen LogP contribution in [0.2, 0.25) is 0 Å². The molecule has 0 saturated heterocycles. The Kier molecular flexibility index (Phi) is 6.57. The lowest BCUT2D eigenvalue weighted by Crippen LogP contribution is -2.33. The zero-order chi connectivity index (χ0) is 20.1. The number of thioether (sulfide) groups is 1. The van der Waals surface area contributed by atoms with Crippen LogP contribution >= 0.6 is 11.8 Å². The van der Waals surface area contributed by atoms with Gasteiger partial charge in [-0.1, -0.05) is 42.5 Å². The van der Waals surface area contributed by atoms with Gasteiger partial charge in [-0.15, -0.1) is 11.8 Å². The van der Waals surface area contributed by atoms with Gasteiger partial charge < -0.3 is 9.80 Å². The average Bonchev–Trinajstić information content (AvgIpc) is 3.14. The third-order valence-corrected chi connectivity index (χ3v) is 5.84. The first-order valence-corrected chi connectivity index (χ1v) is 10.5. The molecule has 0 bridgehead atoms. The molecule has 3 rings (SSSR count). The summed E-state index contributed by atoms with van der Waals surface area (Å²) in [7, 11) is 0. The minimum absolute atomic E-state index is 0.0208. The van der Waals surface area contributed by atoms with Crippen LogP contribution in [-0.2, 0) is 11.2 Å². The Bertz CT molecular complexity index is 894. The van der Waals surface area contributed by atoms with Crippen molar-refractivity contribution in [3.05, 3.63) is 71.8 Å².